The van der Waals surface area contributed by atoms with Crippen molar-refractivity contribution in [1.29, 1.82) is 0 Å². The second-order valence-electron chi connectivity index (χ2n) is 8.63. The van der Waals surface area contributed by atoms with Crippen LogP contribution in [0.2, 0.25) is 0 Å². The van der Waals surface area contributed by atoms with Gasteiger partial charge in [-0.1, -0.05) is 98.4 Å². The van der Waals surface area contributed by atoms with Gasteiger partial charge in [0, 0.05) is 16.5 Å². The number of thioether (sulfide) groups is 1. The number of oxime groups is 1. The monoisotopic (exact) mass is 481 g/mol. The third-order valence-corrected chi connectivity index (χ3v) is 5.85. The molecule has 2 aromatic carbocycles. The third-order valence-electron chi connectivity index (χ3n) is 5.21. The number of benzene rings is 2. The van der Waals surface area contributed by atoms with Crippen LogP contribution in [-0.4, -0.2) is 37.9 Å². The van der Waals surface area contributed by atoms with Gasteiger partial charge in [0.2, 0.25) is 5.16 Å². The lowest BCUT2D eigenvalue weighted by Crippen LogP contribution is -2.37. The summed E-state index contributed by atoms with van der Waals surface area (Å²) in [6.07, 6.45) is 2.01. The molecule has 178 valence electrons. The first-order chi connectivity index (χ1) is 16.1. The quantitative estimate of drug-likeness (QED) is 0.429. The van der Waals surface area contributed by atoms with Gasteiger partial charge < -0.3 is 15.8 Å². The van der Waals surface area contributed by atoms with E-state index in [-0.39, 0.29) is 23.1 Å². The molecular formula is C24H27N5O4S. The molecule has 1 aromatic heterocycles. The third kappa shape index (κ3) is 5.12. The van der Waals surface area contributed by atoms with Crippen molar-refractivity contribution in [3.63, 3.8) is 0 Å². The molecule has 0 unspecified atom stereocenters. The molecule has 34 heavy (non-hydrogen) atoms. The van der Waals surface area contributed by atoms with E-state index in [0.717, 1.165) is 15.8 Å². The topological polar surface area (TPSA) is 133 Å². The lowest BCUT2D eigenvalue weighted by atomic mass is 9.82. The average Bonchev–Trinajstić information content (AvgIpc) is 3.29. The zero-order valence-electron chi connectivity index (χ0n) is 19.4. The molecule has 0 bridgehead atoms. The van der Waals surface area contributed by atoms with Gasteiger partial charge in [0.05, 0.1) is 6.42 Å². The first-order valence-electron chi connectivity index (χ1n) is 10.5. The van der Waals surface area contributed by atoms with E-state index >= 15 is 0 Å². The highest BCUT2D eigenvalue weighted by Crippen LogP contribution is 2.41. The minimum Gasteiger partial charge on any atom is -0.477 e. The van der Waals surface area contributed by atoms with Crippen LogP contribution in [0.3, 0.4) is 0 Å². The summed E-state index contributed by atoms with van der Waals surface area (Å²) in [5.41, 5.74) is 0.753. The highest BCUT2D eigenvalue weighted by molar-refractivity contribution is 7.98. The Morgan fingerprint density at radius 3 is 2.00 bits per heavy atom. The van der Waals surface area contributed by atoms with E-state index in [1.807, 2.05) is 81.4 Å². The van der Waals surface area contributed by atoms with E-state index in [0.29, 0.717) is 10.9 Å². The van der Waals surface area contributed by atoms with Crippen LogP contribution < -0.4 is 11.4 Å². The van der Waals surface area contributed by atoms with E-state index in [1.54, 1.807) is 6.26 Å². The van der Waals surface area contributed by atoms with E-state index in [9.17, 15) is 9.59 Å². The van der Waals surface area contributed by atoms with Crippen molar-refractivity contribution in [2.45, 2.75) is 43.4 Å². The number of rotatable bonds is 4. The summed E-state index contributed by atoms with van der Waals surface area (Å²) < 4.78 is 1.04. The standard InChI is InChI=1S/C16H13NO3.C8H14N4OS/c18-15(19)14-11-16(20-17-14,12-7-3-1-4-8-12)13-9-5-2-6-10-13;1-8(2,3)5-6(13)12(9)7(14-4)11-10-5/h1-10H,11H2,(H,18,19);9H2,1-4H3. The van der Waals surface area contributed by atoms with Gasteiger partial charge >= 0.3 is 5.97 Å². The lowest BCUT2D eigenvalue weighted by molar-refractivity contribution is -0.129. The lowest BCUT2D eigenvalue weighted by Gasteiger charge is -2.27. The van der Waals surface area contributed by atoms with Gasteiger partial charge in [-0.2, -0.15) is 4.68 Å². The van der Waals surface area contributed by atoms with Gasteiger partial charge in [0.1, 0.15) is 5.69 Å². The smallest absolute Gasteiger partial charge is 0.353 e. The molecule has 0 saturated heterocycles. The highest BCUT2D eigenvalue weighted by atomic mass is 32.2. The number of nitrogens with two attached hydrogens (primary N) is 1. The Bertz CT molecular complexity index is 1200. The molecule has 0 aliphatic carbocycles. The SMILES string of the molecule is CSc1nnc(C(C)(C)C)c(=O)n1N.O=C(O)C1=NOC(c2ccccc2)(c2ccccc2)C1. The van der Waals surface area contributed by atoms with Crippen molar-refractivity contribution < 1.29 is 14.7 Å². The molecule has 1 aliphatic rings. The van der Waals surface area contributed by atoms with Crippen molar-refractivity contribution in [1.82, 2.24) is 14.9 Å². The van der Waals surface area contributed by atoms with Gasteiger partial charge in [0.15, 0.2) is 11.3 Å². The van der Waals surface area contributed by atoms with Crippen LogP contribution in [0.4, 0.5) is 0 Å². The summed E-state index contributed by atoms with van der Waals surface area (Å²) in [6, 6.07) is 19.1. The zero-order valence-corrected chi connectivity index (χ0v) is 20.2. The van der Waals surface area contributed by atoms with Crippen molar-refractivity contribution >= 4 is 23.4 Å². The predicted octanol–water partition coefficient (Wildman–Crippen LogP) is 3.16. The van der Waals surface area contributed by atoms with E-state index in [1.165, 1.54) is 11.8 Å². The van der Waals surface area contributed by atoms with Crippen LogP contribution in [0.1, 0.15) is 44.0 Å². The summed E-state index contributed by atoms with van der Waals surface area (Å²) in [5, 5.41) is 21.1. The molecule has 9 nitrogen and oxygen atoms in total. The summed E-state index contributed by atoms with van der Waals surface area (Å²) in [5.74, 6) is 4.53. The average molecular weight is 482 g/mol. The number of nitrogen functional groups attached to an aromatic ring is 1. The summed E-state index contributed by atoms with van der Waals surface area (Å²) >= 11 is 1.29. The Morgan fingerprint density at radius 2 is 1.59 bits per heavy atom. The van der Waals surface area contributed by atoms with Crippen LogP contribution in [0.5, 0.6) is 0 Å². The number of hydrogen-bond acceptors (Lipinski definition) is 8. The molecule has 10 heteroatoms. The minimum absolute atomic E-state index is 0.0395. The molecular weight excluding hydrogens is 454 g/mol. The maximum atomic E-state index is 11.7. The van der Waals surface area contributed by atoms with Crippen LogP contribution >= 0.6 is 11.8 Å². The maximum Gasteiger partial charge on any atom is 0.353 e. The van der Waals surface area contributed by atoms with Gasteiger partial charge in [-0.25, -0.2) is 4.79 Å². The Hall–Kier alpha value is -3.66. The number of nitrogens with zero attached hydrogens (tertiary/aromatic N) is 4. The second-order valence-corrected chi connectivity index (χ2v) is 9.40. The van der Waals surface area contributed by atoms with E-state index < -0.39 is 11.6 Å². The van der Waals surface area contributed by atoms with Gasteiger partial charge in [0.25, 0.3) is 5.56 Å². The number of hydrogen-bond donors (Lipinski definition) is 2. The Morgan fingerprint density at radius 1 is 1.06 bits per heavy atom. The van der Waals surface area contributed by atoms with Crippen LogP contribution in [0.25, 0.3) is 0 Å². The fraction of sp³-hybridized carbons (Fsp3) is 0.292. The summed E-state index contributed by atoms with van der Waals surface area (Å²) in [4.78, 5) is 28.5. The molecule has 0 atom stereocenters. The largest absolute Gasteiger partial charge is 0.477 e. The number of carbonyl (C=O) groups is 1. The Balaban J connectivity index is 0.000000204. The van der Waals surface area contributed by atoms with Crippen LogP contribution in [0, 0.1) is 0 Å². The number of aliphatic carboxylic acids is 1. The minimum atomic E-state index is -1.04. The van der Waals surface area contributed by atoms with Gasteiger partial charge in [-0.3, -0.25) is 4.79 Å². The molecule has 3 aromatic rings. The van der Waals surface area contributed by atoms with Crippen molar-refractivity contribution in [3.8, 4) is 0 Å². The summed E-state index contributed by atoms with van der Waals surface area (Å²) in [7, 11) is 0. The normalized spacial score (nSPS) is 14.4. The molecule has 0 fully saturated rings. The molecule has 0 amide bonds. The molecule has 0 saturated carbocycles. The Labute approximate surface area is 201 Å². The fourth-order valence-electron chi connectivity index (χ4n) is 3.43. The van der Waals surface area contributed by atoms with Crippen LogP contribution in [-0.2, 0) is 20.6 Å². The first kappa shape index (κ1) is 25.0. The molecule has 0 radical (unpaired) electrons. The first-order valence-corrected chi connectivity index (χ1v) is 11.7. The molecule has 2 heterocycles. The fourth-order valence-corrected chi connectivity index (χ4v) is 3.84. The van der Waals surface area contributed by atoms with E-state index in [2.05, 4.69) is 15.4 Å². The van der Waals surface area contributed by atoms with Crippen molar-refractivity contribution in [3.05, 3.63) is 87.8 Å². The second kappa shape index (κ2) is 10.1. The van der Waals surface area contributed by atoms with Gasteiger partial charge in [-0.05, 0) is 6.26 Å². The number of aromatic nitrogens is 3. The molecule has 4 rings (SSSR count). The highest BCUT2D eigenvalue weighted by Gasteiger charge is 2.44. The van der Waals surface area contributed by atoms with Crippen molar-refractivity contribution in [2.75, 3.05) is 12.1 Å². The summed E-state index contributed by atoms with van der Waals surface area (Å²) in [6.45, 7) is 5.70. The number of carboxylic acids is 1. The zero-order chi connectivity index (χ0) is 24.9. The van der Waals surface area contributed by atoms with E-state index in [4.69, 9.17) is 15.8 Å². The van der Waals surface area contributed by atoms with Crippen LogP contribution in [0.15, 0.2) is 75.8 Å². The Kier molecular flexibility index (Phi) is 7.41. The molecule has 1 aliphatic heterocycles. The molecule has 3 N–H and O–H groups in total. The van der Waals surface area contributed by atoms with Crippen molar-refractivity contribution in [2.24, 2.45) is 5.16 Å². The molecule has 0 spiro atoms. The van der Waals surface area contributed by atoms with Gasteiger partial charge in [-0.15, -0.1) is 10.2 Å². The number of carboxylic acid groups (broad SMARTS) is 1. The predicted molar refractivity (Wildman–Crippen MR) is 131 cm³/mol. The maximum absolute atomic E-state index is 11.7.